The molecule has 0 aliphatic rings. The minimum absolute atomic E-state index is 0.170. The number of carbonyl (C=O) groups is 1. The van der Waals surface area contributed by atoms with Gasteiger partial charge in [-0.1, -0.05) is 30.7 Å². The van der Waals surface area contributed by atoms with E-state index in [-0.39, 0.29) is 6.04 Å². The van der Waals surface area contributed by atoms with Crippen molar-refractivity contribution in [3.05, 3.63) is 59.1 Å². The largest absolute Gasteiger partial charge is 0.444 e. The van der Waals surface area contributed by atoms with Crippen LogP contribution in [0.2, 0.25) is 5.02 Å². The topological polar surface area (TPSA) is 50.4 Å². The molecule has 1 atom stereocenters. The van der Waals surface area contributed by atoms with E-state index in [0.29, 0.717) is 5.69 Å². The van der Waals surface area contributed by atoms with Gasteiger partial charge in [-0.25, -0.2) is 4.79 Å². The van der Waals surface area contributed by atoms with Crippen molar-refractivity contribution in [3.63, 3.8) is 0 Å². The fourth-order valence-corrected chi connectivity index (χ4v) is 2.62. The number of carbonyl (C=O) groups excluding carboxylic acids is 1. The molecular formula is C20H25ClN2O2. The average molecular weight is 361 g/mol. The standard InChI is InChI=1S/C20H25ClN2O2/c1-5-18(14-7-6-8-15(21)13-14)22-16-9-11-17(12-10-16)23-19(24)25-20(2,3)4/h6-13,18,22H,5H2,1-4H3,(H,23,24). The average Bonchev–Trinajstić information content (AvgIpc) is 2.52. The zero-order valence-corrected chi connectivity index (χ0v) is 15.9. The van der Waals surface area contributed by atoms with Gasteiger partial charge in [0.1, 0.15) is 5.60 Å². The second kappa shape index (κ2) is 8.26. The molecule has 0 saturated heterocycles. The maximum atomic E-state index is 11.8. The maximum absolute atomic E-state index is 11.8. The van der Waals surface area contributed by atoms with E-state index in [1.807, 2.05) is 63.2 Å². The van der Waals surface area contributed by atoms with Crippen LogP contribution in [0.15, 0.2) is 48.5 Å². The minimum Gasteiger partial charge on any atom is -0.444 e. The SMILES string of the molecule is CCC(Nc1ccc(NC(=O)OC(C)(C)C)cc1)c1cccc(Cl)c1. The molecule has 2 N–H and O–H groups in total. The fourth-order valence-electron chi connectivity index (χ4n) is 2.42. The molecule has 5 heteroatoms. The maximum Gasteiger partial charge on any atom is 0.412 e. The lowest BCUT2D eigenvalue weighted by Gasteiger charge is -2.20. The zero-order valence-electron chi connectivity index (χ0n) is 15.1. The molecule has 1 amide bonds. The first-order chi connectivity index (χ1) is 11.8. The summed E-state index contributed by atoms with van der Waals surface area (Å²) in [5.41, 5.74) is 2.29. The lowest BCUT2D eigenvalue weighted by Crippen LogP contribution is -2.27. The van der Waals surface area contributed by atoms with Crippen LogP contribution in [0.3, 0.4) is 0 Å². The Bertz CT molecular complexity index is 708. The molecule has 1 unspecified atom stereocenters. The molecule has 0 saturated carbocycles. The number of hydrogen-bond donors (Lipinski definition) is 2. The molecule has 134 valence electrons. The molecule has 0 radical (unpaired) electrons. The summed E-state index contributed by atoms with van der Waals surface area (Å²) in [7, 11) is 0. The van der Waals surface area contributed by atoms with Crippen LogP contribution in [0.5, 0.6) is 0 Å². The highest BCUT2D eigenvalue weighted by atomic mass is 35.5. The number of amides is 1. The Balaban J connectivity index is 2.00. The van der Waals surface area contributed by atoms with Crippen LogP contribution in [-0.4, -0.2) is 11.7 Å². The van der Waals surface area contributed by atoms with Crippen LogP contribution < -0.4 is 10.6 Å². The molecule has 0 fully saturated rings. The van der Waals surface area contributed by atoms with Crippen molar-refractivity contribution in [2.75, 3.05) is 10.6 Å². The van der Waals surface area contributed by atoms with Crippen molar-refractivity contribution in [1.29, 1.82) is 0 Å². The molecule has 25 heavy (non-hydrogen) atoms. The van der Waals surface area contributed by atoms with Gasteiger partial charge in [0, 0.05) is 16.4 Å². The molecule has 4 nitrogen and oxygen atoms in total. The summed E-state index contributed by atoms with van der Waals surface area (Å²) in [6.07, 6.45) is 0.469. The summed E-state index contributed by atoms with van der Waals surface area (Å²) in [6, 6.07) is 15.6. The quantitative estimate of drug-likeness (QED) is 0.662. The lowest BCUT2D eigenvalue weighted by molar-refractivity contribution is 0.0636. The Labute approximate surface area is 154 Å². The van der Waals surface area contributed by atoms with Crippen molar-refractivity contribution >= 4 is 29.1 Å². The van der Waals surface area contributed by atoms with Crippen LogP contribution in [0.25, 0.3) is 0 Å². The van der Waals surface area contributed by atoms with Crippen LogP contribution >= 0.6 is 11.6 Å². The molecule has 0 bridgehead atoms. The van der Waals surface area contributed by atoms with Crippen molar-refractivity contribution in [2.45, 2.75) is 45.8 Å². The van der Waals surface area contributed by atoms with E-state index in [1.165, 1.54) is 0 Å². The smallest absolute Gasteiger partial charge is 0.412 e. The first kappa shape index (κ1) is 19.1. The second-order valence-electron chi connectivity index (χ2n) is 6.86. The Kier molecular flexibility index (Phi) is 6.32. The van der Waals surface area contributed by atoms with E-state index in [1.54, 1.807) is 0 Å². The van der Waals surface area contributed by atoms with Gasteiger partial charge in [-0.2, -0.15) is 0 Å². The molecule has 0 aliphatic heterocycles. The Morgan fingerprint density at radius 3 is 2.32 bits per heavy atom. The molecule has 0 heterocycles. The monoisotopic (exact) mass is 360 g/mol. The number of halogens is 1. The lowest BCUT2D eigenvalue weighted by atomic mass is 10.0. The first-order valence-corrected chi connectivity index (χ1v) is 8.76. The molecule has 2 rings (SSSR count). The highest BCUT2D eigenvalue weighted by Crippen LogP contribution is 2.25. The van der Waals surface area contributed by atoms with Gasteiger partial charge in [0.15, 0.2) is 0 Å². The number of nitrogens with one attached hydrogen (secondary N) is 2. The number of rotatable bonds is 5. The van der Waals surface area contributed by atoms with Gasteiger partial charge in [-0.3, -0.25) is 5.32 Å². The third-order valence-electron chi connectivity index (χ3n) is 3.53. The van der Waals surface area contributed by atoms with Gasteiger partial charge in [0.05, 0.1) is 6.04 Å². The van der Waals surface area contributed by atoms with Gasteiger partial charge in [0.2, 0.25) is 0 Å². The van der Waals surface area contributed by atoms with E-state index < -0.39 is 11.7 Å². The van der Waals surface area contributed by atoms with Gasteiger partial charge in [-0.05, 0) is 69.2 Å². The van der Waals surface area contributed by atoms with E-state index in [2.05, 4.69) is 23.6 Å². The van der Waals surface area contributed by atoms with Crippen LogP contribution in [0, 0.1) is 0 Å². The van der Waals surface area contributed by atoms with E-state index in [9.17, 15) is 4.79 Å². The fraction of sp³-hybridized carbons (Fsp3) is 0.350. The second-order valence-corrected chi connectivity index (χ2v) is 7.30. The van der Waals surface area contributed by atoms with Gasteiger partial charge >= 0.3 is 6.09 Å². The number of benzene rings is 2. The van der Waals surface area contributed by atoms with Crippen LogP contribution in [0.1, 0.15) is 45.7 Å². The van der Waals surface area contributed by atoms with Crippen LogP contribution in [-0.2, 0) is 4.74 Å². The van der Waals surface area contributed by atoms with Crippen LogP contribution in [0.4, 0.5) is 16.2 Å². The predicted octanol–water partition coefficient (Wildman–Crippen LogP) is 6.25. The van der Waals surface area contributed by atoms with Crippen molar-refractivity contribution < 1.29 is 9.53 Å². The Morgan fingerprint density at radius 2 is 1.76 bits per heavy atom. The summed E-state index contributed by atoms with van der Waals surface area (Å²) in [5.74, 6) is 0. The molecule has 0 aliphatic carbocycles. The van der Waals surface area contributed by atoms with Gasteiger partial charge in [-0.15, -0.1) is 0 Å². The van der Waals surface area contributed by atoms with E-state index >= 15 is 0 Å². The van der Waals surface area contributed by atoms with Crippen molar-refractivity contribution in [3.8, 4) is 0 Å². The van der Waals surface area contributed by atoms with E-state index in [0.717, 1.165) is 22.7 Å². The molecule has 0 spiro atoms. The normalized spacial score (nSPS) is 12.4. The summed E-state index contributed by atoms with van der Waals surface area (Å²) >= 11 is 6.08. The zero-order chi connectivity index (χ0) is 18.4. The highest BCUT2D eigenvalue weighted by Gasteiger charge is 2.16. The molecule has 2 aromatic rings. The summed E-state index contributed by atoms with van der Waals surface area (Å²) in [4.78, 5) is 11.8. The number of anilines is 2. The number of ether oxygens (including phenoxy) is 1. The summed E-state index contributed by atoms with van der Waals surface area (Å²) in [5, 5.41) is 6.95. The van der Waals surface area contributed by atoms with E-state index in [4.69, 9.17) is 16.3 Å². The summed E-state index contributed by atoms with van der Waals surface area (Å²) in [6.45, 7) is 7.62. The molecule has 0 aromatic heterocycles. The third kappa shape index (κ3) is 6.31. The third-order valence-corrected chi connectivity index (χ3v) is 3.77. The first-order valence-electron chi connectivity index (χ1n) is 8.39. The highest BCUT2D eigenvalue weighted by molar-refractivity contribution is 6.30. The minimum atomic E-state index is -0.517. The Morgan fingerprint density at radius 1 is 1.12 bits per heavy atom. The predicted molar refractivity (Wildman–Crippen MR) is 104 cm³/mol. The molecular weight excluding hydrogens is 336 g/mol. The van der Waals surface area contributed by atoms with Crippen molar-refractivity contribution in [1.82, 2.24) is 0 Å². The molecule has 2 aromatic carbocycles. The number of hydrogen-bond acceptors (Lipinski definition) is 3. The van der Waals surface area contributed by atoms with Crippen molar-refractivity contribution in [2.24, 2.45) is 0 Å². The summed E-state index contributed by atoms with van der Waals surface area (Å²) < 4.78 is 5.24. The van der Waals surface area contributed by atoms with Gasteiger partial charge in [0.25, 0.3) is 0 Å². The Hall–Kier alpha value is -2.20. The van der Waals surface area contributed by atoms with Gasteiger partial charge < -0.3 is 10.1 Å².